The lowest BCUT2D eigenvalue weighted by Gasteiger charge is -2.11. The first-order valence-electron chi connectivity index (χ1n) is 4.07. The van der Waals surface area contributed by atoms with Gasteiger partial charge >= 0.3 is 6.18 Å². The van der Waals surface area contributed by atoms with Crippen LogP contribution in [0.3, 0.4) is 0 Å². The van der Waals surface area contributed by atoms with E-state index in [9.17, 15) is 21.6 Å². The van der Waals surface area contributed by atoms with Crippen LogP contribution in [-0.4, -0.2) is 27.7 Å². The highest BCUT2D eigenvalue weighted by molar-refractivity contribution is 7.87. The predicted octanol–water partition coefficient (Wildman–Crippen LogP) is 0.560. The van der Waals surface area contributed by atoms with Gasteiger partial charge < -0.3 is 0 Å². The van der Waals surface area contributed by atoms with Crippen LogP contribution in [0.2, 0.25) is 0 Å². The first-order chi connectivity index (χ1) is 6.62. The lowest BCUT2D eigenvalue weighted by Crippen LogP contribution is -2.41. The summed E-state index contributed by atoms with van der Waals surface area (Å²) < 4.78 is 57.8. The van der Waals surface area contributed by atoms with E-state index in [1.165, 1.54) is 9.61 Å². The smallest absolute Gasteiger partial charge is 0.286 e. The molecule has 0 fully saturated rings. The largest absolute Gasteiger partial charge is 0.402 e. The van der Waals surface area contributed by atoms with E-state index in [0.717, 1.165) is 0 Å². The molecule has 15 heavy (non-hydrogen) atoms. The maximum Gasteiger partial charge on any atom is 0.402 e. The van der Waals surface area contributed by atoms with Gasteiger partial charge in [-0.3, -0.25) is 4.84 Å². The Kier molecular flexibility index (Phi) is 5.49. The van der Waals surface area contributed by atoms with Crippen LogP contribution in [0, 0.1) is 5.92 Å². The summed E-state index contributed by atoms with van der Waals surface area (Å²) >= 11 is 0. The molecule has 9 heteroatoms. The Labute approximate surface area is 86.1 Å². The molecule has 0 aromatic rings. The van der Waals surface area contributed by atoms with Gasteiger partial charge in [-0.25, -0.2) is 0 Å². The van der Waals surface area contributed by atoms with E-state index in [-0.39, 0.29) is 12.5 Å². The molecule has 0 amide bonds. The topological polar surface area (TPSA) is 67.4 Å². The van der Waals surface area contributed by atoms with Crippen molar-refractivity contribution in [2.45, 2.75) is 20.0 Å². The fourth-order valence-electron chi connectivity index (χ4n) is 0.485. The van der Waals surface area contributed by atoms with Gasteiger partial charge in [-0.2, -0.15) is 26.3 Å². The summed E-state index contributed by atoms with van der Waals surface area (Å²) in [5.74, 6) is 0.0651. The number of rotatable bonds is 6. The zero-order valence-corrected chi connectivity index (χ0v) is 9.07. The summed E-state index contributed by atoms with van der Waals surface area (Å²) in [5.41, 5.74) is 0. The van der Waals surface area contributed by atoms with Gasteiger partial charge in [0.25, 0.3) is 10.2 Å². The number of alkyl halides is 3. The van der Waals surface area contributed by atoms with Gasteiger partial charge in [-0.1, -0.05) is 18.7 Å². The first kappa shape index (κ1) is 14.6. The molecule has 0 spiro atoms. The minimum atomic E-state index is -4.59. The molecule has 0 unspecified atom stereocenters. The Morgan fingerprint density at radius 3 is 2.27 bits per heavy atom. The van der Waals surface area contributed by atoms with Crippen LogP contribution < -0.4 is 9.61 Å². The standard InChI is InChI=1S/C6H13F3N2O3S/c1-5(2)3-14-11-15(12,13)10-4-6(7,8)9/h5,10-11H,3-4H2,1-2H3. The molecule has 0 radical (unpaired) electrons. The van der Waals surface area contributed by atoms with Crippen molar-refractivity contribution in [3.05, 3.63) is 0 Å². The fourth-order valence-corrected chi connectivity index (χ4v) is 1.12. The molecule has 5 nitrogen and oxygen atoms in total. The van der Waals surface area contributed by atoms with Crippen molar-refractivity contribution in [1.29, 1.82) is 0 Å². The molecule has 0 aromatic heterocycles. The minimum Gasteiger partial charge on any atom is -0.286 e. The second kappa shape index (κ2) is 5.64. The van der Waals surface area contributed by atoms with Crippen molar-refractivity contribution in [3.63, 3.8) is 0 Å². The van der Waals surface area contributed by atoms with Crippen molar-refractivity contribution < 1.29 is 26.4 Å². The van der Waals surface area contributed by atoms with Crippen LogP contribution in [0.25, 0.3) is 0 Å². The SMILES string of the molecule is CC(C)CONS(=O)(=O)NCC(F)(F)F. The van der Waals surface area contributed by atoms with Gasteiger partial charge in [0, 0.05) is 0 Å². The molecule has 0 aliphatic rings. The van der Waals surface area contributed by atoms with E-state index >= 15 is 0 Å². The van der Waals surface area contributed by atoms with E-state index < -0.39 is 22.9 Å². The average molecular weight is 250 g/mol. The minimum absolute atomic E-state index is 0.0651. The van der Waals surface area contributed by atoms with E-state index in [1.54, 1.807) is 13.8 Å². The van der Waals surface area contributed by atoms with Crippen LogP contribution in [0.5, 0.6) is 0 Å². The molecule has 0 saturated carbocycles. The third-order valence-electron chi connectivity index (χ3n) is 1.05. The summed E-state index contributed by atoms with van der Waals surface area (Å²) in [5, 5.41) is 0. The zero-order valence-electron chi connectivity index (χ0n) is 8.26. The van der Waals surface area contributed by atoms with Crippen LogP contribution in [0.1, 0.15) is 13.8 Å². The lowest BCUT2D eigenvalue weighted by atomic mass is 10.2. The summed E-state index contributed by atoms with van der Waals surface area (Å²) in [4.78, 5) is 5.98. The summed E-state index contributed by atoms with van der Waals surface area (Å²) in [6.07, 6.45) is -4.59. The van der Waals surface area contributed by atoms with E-state index in [2.05, 4.69) is 4.84 Å². The molecule has 0 bridgehead atoms. The molecular weight excluding hydrogens is 237 g/mol. The molecular formula is C6H13F3N2O3S. The zero-order chi connectivity index (χ0) is 12.1. The van der Waals surface area contributed by atoms with Crippen LogP contribution in [0.4, 0.5) is 13.2 Å². The van der Waals surface area contributed by atoms with Crippen molar-refractivity contribution in [1.82, 2.24) is 9.61 Å². The molecule has 0 aliphatic carbocycles. The molecule has 0 saturated heterocycles. The highest BCUT2D eigenvalue weighted by Crippen LogP contribution is 2.12. The third-order valence-corrected chi connectivity index (χ3v) is 1.91. The van der Waals surface area contributed by atoms with Crippen LogP contribution in [-0.2, 0) is 15.0 Å². The first-order valence-corrected chi connectivity index (χ1v) is 5.55. The Balaban J connectivity index is 3.89. The highest BCUT2D eigenvalue weighted by atomic mass is 32.2. The monoisotopic (exact) mass is 250 g/mol. The maximum absolute atomic E-state index is 11.6. The van der Waals surface area contributed by atoms with Crippen molar-refractivity contribution in [2.75, 3.05) is 13.2 Å². The van der Waals surface area contributed by atoms with Gasteiger partial charge in [0.15, 0.2) is 0 Å². The van der Waals surface area contributed by atoms with Crippen molar-refractivity contribution in [2.24, 2.45) is 5.92 Å². The molecule has 0 rings (SSSR count). The fraction of sp³-hybridized carbons (Fsp3) is 1.00. The molecule has 2 N–H and O–H groups in total. The van der Waals surface area contributed by atoms with Crippen molar-refractivity contribution in [3.8, 4) is 0 Å². The van der Waals surface area contributed by atoms with Gasteiger partial charge in [0.1, 0.15) is 6.54 Å². The molecule has 0 aromatic carbocycles. The van der Waals surface area contributed by atoms with Gasteiger partial charge in [0.05, 0.1) is 6.61 Å². The van der Waals surface area contributed by atoms with E-state index in [4.69, 9.17) is 0 Å². The normalized spacial score (nSPS) is 13.5. The van der Waals surface area contributed by atoms with Gasteiger partial charge in [-0.15, -0.1) is 0 Å². The number of halogens is 3. The second-order valence-electron chi connectivity index (χ2n) is 3.23. The van der Waals surface area contributed by atoms with E-state index in [1.807, 2.05) is 0 Å². The lowest BCUT2D eigenvalue weighted by molar-refractivity contribution is -0.121. The Morgan fingerprint density at radius 2 is 1.87 bits per heavy atom. The summed E-state index contributed by atoms with van der Waals surface area (Å²) in [6.45, 7) is 1.97. The average Bonchev–Trinajstić information content (AvgIpc) is 1.99. The van der Waals surface area contributed by atoms with Gasteiger partial charge in [0.2, 0.25) is 0 Å². The molecule has 0 heterocycles. The predicted molar refractivity (Wildman–Crippen MR) is 46.9 cm³/mol. The Hall–Kier alpha value is -0.380. The van der Waals surface area contributed by atoms with Gasteiger partial charge in [-0.05, 0) is 5.92 Å². The summed E-state index contributed by atoms with van der Waals surface area (Å²) in [6, 6.07) is 0. The second-order valence-corrected chi connectivity index (χ2v) is 4.69. The molecule has 0 atom stereocenters. The molecule has 92 valence electrons. The van der Waals surface area contributed by atoms with Crippen LogP contribution in [0.15, 0.2) is 0 Å². The number of hydrogen-bond acceptors (Lipinski definition) is 3. The number of nitrogens with one attached hydrogen (secondary N) is 2. The summed E-state index contributed by atoms with van der Waals surface area (Å²) in [7, 11) is -4.25. The van der Waals surface area contributed by atoms with E-state index in [0.29, 0.717) is 0 Å². The quantitative estimate of drug-likeness (QED) is 0.677. The molecule has 0 aliphatic heterocycles. The Morgan fingerprint density at radius 1 is 1.33 bits per heavy atom. The van der Waals surface area contributed by atoms with Crippen molar-refractivity contribution >= 4 is 10.2 Å². The highest BCUT2D eigenvalue weighted by Gasteiger charge is 2.29. The third kappa shape index (κ3) is 9.91. The number of hydrogen-bond donors (Lipinski definition) is 2. The maximum atomic E-state index is 11.6. The van der Waals surface area contributed by atoms with Crippen LogP contribution >= 0.6 is 0 Å². The Bertz CT molecular complexity index is 276.